The van der Waals surface area contributed by atoms with Crippen molar-refractivity contribution in [3.8, 4) is 0 Å². The van der Waals surface area contributed by atoms with Gasteiger partial charge in [0.25, 0.3) is 0 Å². The summed E-state index contributed by atoms with van der Waals surface area (Å²) in [7, 11) is 0. The first kappa shape index (κ1) is 13.3. The van der Waals surface area contributed by atoms with Gasteiger partial charge in [0.2, 0.25) is 0 Å². The van der Waals surface area contributed by atoms with Crippen molar-refractivity contribution >= 4 is 0 Å². The Hall–Kier alpha value is -1.12. The van der Waals surface area contributed by atoms with Crippen molar-refractivity contribution in [3.63, 3.8) is 0 Å². The lowest BCUT2D eigenvalue weighted by Crippen LogP contribution is -2.37. The van der Waals surface area contributed by atoms with Crippen LogP contribution in [0, 0.1) is 5.92 Å². The van der Waals surface area contributed by atoms with Crippen LogP contribution in [0.1, 0.15) is 26.3 Å². The van der Waals surface area contributed by atoms with Gasteiger partial charge in [-0.15, -0.1) is 0 Å². The van der Waals surface area contributed by atoms with Crippen molar-refractivity contribution in [2.45, 2.75) is 39.5 Å². The Labute approximate surface area is 110 Å². The van der Waals surface area contributed by atoms with Crippen molar-refractivity contribution < 1.29 is 4.74 Å². The van der Waals surface area contributed by atoms with E-state index in [1.165, 1.54) is 11.1 Å². The van der Waals surface area contributed by atoms with E-state index in [0.717, 1.165) is 6.61 Å². The average Bonchev–Trinajstić information content (AvgIpc) is 2.73. The van der Waals surface area contributed by atoms with E-state index in [0.29, 0.717) is 24.6 Å². The van der Waals surface area contributed by atoms with Crippen LogP contribution in [0.4, 0.5) is 0 Å². The summed E-state index contributed by atoms with van der Waals surface area (Å²) in [6.07, 6.45) is 2.33. The Morgan fingerprint density at radius 3 is 2.56 bits per heavy atom. The number of hydrogen-bond donors (Lipinski definition) is 1. The number of rotatable bonds is 5. The monoisotopic (exact) mass is 245 g/mol. The molecule has 1 aliphatic rings. The Kier molecular flexibility index (Phi) is 4.56. The fourth-order valence-electron chi connectivity index (χ4n) is 2.24. The summed E-state index contributed by atoms with van der Waals surface area (Å²) in [5, 5.41) is 3.61. The Morgan fingerprint density at radius 2 is 1.94 bits per heavy atom. The maximum absolute atomic E-state index is 5.80. The molecule has 1 heterocycles. The third kappa shape index (κ3) is 3.44. The highest BCUT2D eigenvalue weighted by molar-refractivity contribution is 5.20. The van der Waals surface area contributed by atoms with Crippen LogP contribution in [-0.2, 0) is 11.3 Å². The molecule has 0 fully saturated rings. The van der Waals surface area contributed by atoms with Gasteiger partial charge in [-0.05, 0) is 18.4 Å². The fraction of sp³-hybridized carbons (Fsp3) is 0.500. The van der Waals surface area contributed by atoms with Crippen molar-refractivity contribution in [3.05, 3.63) is 47.5 Å². The first-order valence-electron chi connectivity index (χ1n) is 6.73. The van der Waals surface area contributed by atoms with E-state index < -0.39 is 0 Å². The van der Waals surface area contributed by atoms with Gasteiger partial charge in [-0.1, -0.05) is 55.8 Å². The zero-order chi connectivity index (χ0) is 13.0. The zero-order valence-corrected chi connectivity index (χ0v) is 11.5. The average molecular weight is 245 g/mol. The van der Waals surface area contributed by atoms with E-state index in [1.54, 1.807) is 0 Å². The SMILES string of the molecule is CC1=C[C@H](C(C)C)N[C@H]1COCc1ccccc1. The summed E-state index contributed by atoms with van der Waals surface area (Å²) in [4.78, 5) is 0. The summed E-state index contributed by atoms with van der Waals surface area (Å²) >= 11 is 0. The first-order valence-corrected chi connectivity index (χ1v) is 6.73. The number of ether oxygens (including phenoxy) is 1. The van der Waals surface area contributed by atoms with E-state index in [-0.39, 0.29) is 0 Å². The van der Waals surface area contributed by atoms with Gasteiger partial charge in [-0.25, -0.2) is 0 Å². The van der Waals surface area contributed by atoms with Gasteiger partial charge in [0, 0.05) is 6.04 Å². The summed E-state index contributed by atoms with van der Waals surface area (Å²) in [6, 6.07) is 11.2. The second kappa shape index (κ2) is 6.17. The molecule has 98 valence electrons. The smallest absolute Gasteiger partial charge is 0.0717 e. The van der Waals surface area contributed by atoms with Crippen molar-refractivity contribution in [1.29, 1.82) is 0 Å². The van der Waals surface area contributed by atoms with Gasteiger partial charge in [-0.2, -0.15) is 0 Å². The fourth-order valence-corrected chi connectivity index (χ4v) is 2.24. The van der Waals surface area contributed by atoms with Crippen molar-refractivity contribution in [2.75, 3.05) is 6.61 Å². The number of nitrogens with one attached hydrogen (secondary N) is 1. The Morgan fingerprint density at radius 1 is 1.22 bits per heavy atom. The van der Waals surface area contributed by atoms with Crippen LogP contribution >= 0.6 is 0 Å². The second-order valence-electron chi connectivity index (χ2n) is 5.40. The largest absolute Gasteiger partial charge is 0.375 e. The standard InChI is InChI=1S/C16H23NO/c1-12(2)15-9-13(3)16(17-15)11-18-10-14-7-5-4-6-8-14/h4-9,12,15-17H,10-11H2,1-3H3/t15-,16+/m1/s1. The van der Waals surface area contributed by atoms with Gasteiger partial charge in [-0.3, -0.25) is 0 Å². The molecule has 0 amide bonds. The van der Waals surface area contributed by atoms with Crippen LogP contribution in [0.3, 0.4) is 0 Å². The number of benzene rings is 1. The molecule has 2 heteroatoms. The second-order valence-corrected chi connectivity index (χ2v) is 5.40. The summed E-state index contributed by atoms with van der Waals surface area (Å²) < 4.78 is 5.80. The maximum atomic E-state index is 5.80. The molecule has 1 aliphatic heterocycles. The van der Waals surface area contributed by atoms with Crippen LogP contribution < -0.4 is 5.32 Å². The summed E-state index contributed by atoms with van der Waals surface area (Å²) in [6.45, 7) is 8.12. The van der Waals surface area contributed by atoms with Crippen molar-refractivity contribution in [1.82, 2.24) is 5.32 Å². The third-order valence-electron chi connectivity index (χ3n) is 3.50. The number of hydrogen-bond acceptors (Lipinski definition) is 2. The molecule has 18 heavy (non-hydrogen) atoms. The topological polar surface area (TPSA) is 21.3 Å². The third-order valence-corrected chi connectivity index (χ3v) is 3.50. The molecule has 0 spiro atoms. The van der Waals surface area contributed by atoms with E-state index >= 15 is 0 Å². The summed E-state index contributed by atoms with van der Waals surface area (Å²) in [5.74, 6) is 0.638. The summed E-state index contributed by atoms with van der Waals surface area (Å²) in [5.41, 5.74) is 2.64. The highest BCUT2D eigenvalue weighted by Gasteiger charge is 2.24. The van der Waals surface area contributed by atoms with E-state index in [9.17, 15) is 0 Å². The predicted octanol–water partition coefficient (Wildman–Crippen LogP) is 3.15. The maximum Gasteiger partial charge on any atom is 0.0717 e. The molecule has 0 radical (unpaired) electrons. The highest BCUT2D eigenvalue weighted by atomic mass is 16.5. The van der Waals surface area contributed by atoms with Crippen LogP contribution in [-0.4, -0.2) is 18.7 Å². The quantitative estimate of drug-likeness (QED) is 0.805. The molecule has 2 nitrogen and oxygen atoms in total. The highest BCUT2D eigenvalue weighted by Crippen LogP contribution is 2.18. The van der Waals surface area contributed by atoms with Gasteiger partial charge in [0.15, 0.2) is 0 Å². The molecule has 0 saturated heterocycles. The lowest BCUT2D eigenvalue weighted by Gasteiger charge is -2.18. The molecule has 0 bridgehead atoms. The molecular weight excluding hydrogens is 222 g/mol. The van der Waals surface area contributed by atoms with Crippen molar-refractivity contribution in [2.24, 2.45) is 5.92 Å². The molecule has 0 aliphatic carbocycles. The van der Waals surface area contributed by atoms with E-state index in [4.69, 9.17) is 4.74 Å². The molecule has 1 N–H and O–H groups in total. The van der Waals surface area contributed by atoms with E-state index in [1.807, 2.05) is 18.2 Å². The lowest BCUT2D eigenvalue weighted by atomic mass is 10.1. The Bertz CT molecular complexity index is 397. The molecule has 0 aromatic heterocycles. The minimum atomic E-state index is 0.376. The van der Waals surface area contributed by atoms with Gasteiger partial charge in [0.05, 0.1) is 19.3 Å². The zero-order valence-electron chi connectivity index (χ0n) is 11.5. The van der Waals surface area contributed by atoms with Crippen LogP contribution in [0.15, 0.2) is 42.0 Å². The molecule has 2 atom stereocenters. The van der Waals surface area contributed by atoms with Crippen LogP contribution in [0.25, 0.3) is 0 Å². The molecular formula is C16H23NO. The predicted molar refractivity (Wildman–Crippen MR) is 75.4 cm³/mol. The lowest BCUT2D eigenvalue weighted by molar-refractivity contribution is 0.106. The molecule has 1 aromatic rings. The Balaban J connectivity index is 1.77. The first-order chi connectivity index (χ1) is 8.66. The van der Waals surface area contributed by atoms with Gasteiger partial charge < -0.3 is 10.1 Å². The molecule has 2 rings (SSSR count). The van der Waals surface area contributed by atoms with Gasteiger partial charge >= 0.3 is 0 Å². The van der Waals surface area contributed by atoms with Crippen LogP contribution in [0.2, 0.25) is 0 Å². The minimum Gasteiger partial charge on any atom is -0.375 e. The van der Waals surface area contributed by atoms with Gasteiger partial charge in [0.1, 0.15) is 0 Å². The normalized spacial score (nSPS) is 23.4. The molecule has 0 unspecified atom stereocenters. The minimum absolute atomic E-state index is 0.376. The van der Waals surface area contributed by atoms with E-state index in [2.05, 4.69) is 44.3 Å². The molecule has 1 aromatic carbocycles. The molecule has 0 saturated carbocycles. The van der Waals surface area contributed by atoms with Crippen LogP contribution in [0.5, 0.6) is 0 Å².